The normalized spacial score (nSPS) is 12.0. The lowest BCUT2D eigenvalue weighted by Gasteiger charge is -2.22. The number of rotatable bonds is 3. The molecule has 4 nitrogen and oxygen atoms in total. The molecule has 0 heterocycles. The SMILES string of the molecule is C[N+](C)(C)C.C[N+](C)(C)CCOO. The second kappa shape index (κ2) is 6.32. The maximum absolute atomic E-state index is 7.92. The largest absolute Gasteiger partial charge is 0.333 e. The summed E-state index contributed by atoms with van der Waals surface area (Å²) in [6.07, 6.45) is 0. The number of nitrogens with zero attached hydrogens (tertiary/aromatic N) is 2. The van der Waals surface area contributed by atoms with E-state index in [0.717, 1.165) is 15.5 Å². The molecular formula is C9H26N2O2+2. The number of likely N-dealkylation sites (N-methyl/N-ethyl adjacent to an activating group) is 1. The van der Waals surface area contributed by atoms with Crippen molar-refractivity contribution in [3.63, 3.8) is 0 Å². The third-order valence-corrected chi connectivity index (χ3v) is 0.853. The smallest absolute Gasteiger partial charge is 0.131 e. The predicted molar refractivity (Wildman–Crippen MR) is 55.4 cm³/mol. The summed E-state index contributed by atoms with van der Waals surface area (Å²) in [5, 5.41) is 7.92. The van der Waals surface area contributed by atoms with Crippen LogP contribution in [0.15, 0.2) is 0 Å². The number of hydrogen-bond acceptors (Lipinski definition) is 2. The van der Waals surface area contributed by atoms with Crippen LogP contribution in [-0.4, -0.2) is 76.7 Å². The van der Waals surface area contributed by atoms with Gasteiger partial charge in [-0.2, -0.15) is 0 Å². The molecule has 0 rings (SSSR count). The van der Waals surface area contributed by atoms with Crippen molar-refractivity contribution >= 4 is 0 Å². The Morgan fingerprint density at radius 2 is 1.23 bits per heavy atom. The first kappa shape index (κ1) is 15.3. The third-order valence-electron chi connectivity index (χ3n) is 0.853. The Bertz CT molecular complexity index is 108. The van der Waals surface area contributed by atoms with Crippen molar-refractivity contribution in [1.82, 2.24) is 0 Å². The summed E-state index contributed by atoms with van der Waals surface area (Å²) >= 11 is 0. The lowest BCUT2D eigenvalue weighted by atomic mass is 10.5. The molecule has 13 heavy (non-hydrogen) atoms. The average Bonchev–Trinajstić information content (AvgIpc) is 1.77. The van der Waals surface area contributed by atoms with E-state index in [0.29, 0.717) is 6.61 Å². The van der Waals surface area contributed by atoms with Gasteiger partial charge in [0.2, 0.25) is 0 Å². The van der Waals surface area contributed by atoms with Gasteiger partial charge in [-0.05, 0) is 0 Å². The molecule has 0 amide bonds. The van der Waals surface area contributed by atoms with Gasteiger partial charge in [-0.1, -0.05) is 0 Å². The molecule has 0 aromatic heterocycles. The highest BCUT2D eigenvalue weighted by atomic mass is 17.1. The first-order valence-corrected chi connectivity index (χ1v) is 4.42. The van der Waals surface area contributed by atoms with Crippen LogP contribution < -0.4 is 0 Å². The molecule has 0 atom stereocenters. The van der Waals surface area contributed by atoms with Crippen LogP contribution in [0.4, 0.5) is 0 Å². The molecule has 0 unspecified atom stereocenters. The molecule has 0 aromatic rings. The van der Waals surface area contributed by atoms with Crippen molar-refractivity contribution < 1.29 is 19.1 Å². The van der Waals surface area contributed by atoms with E-state index in [4.69, 9.17) is 5.26 Å². The Balaban J connectivity index is 0. The average molecular weight is 194 g/mol. The van der Waals surface area contributed by atoms with Crippen molar-refractivity contribution in [2.24, 2.45) is 0 Å². The molecule has 0 fully saturated rings. The highest BCUT2D eigenvalue weighted by molar-refractivity contribution is 4.20. The number of hydrogen-bond donors (Lipinski definition) is 1. The fourth-order valence-electron chi connectivity index (χ4n) is 0.315. The Labute approximate surface area is 82.4 Å². The van der Waals surface area contributed by atoms with Crippen LogP contribution in [0.1, 0.15) is 0 Å². The second-order valence-electron chi connectivity index (χ2n) is 5.53. The molecule has 1 N–H and O–H groups in total. The zero-order valence-corrected chi connectivity index (χ0v) is 10.2. The Hall–Kier alpha value is -0.160. The highest BCUT2D eigenvalue weighted by Crippen LogP contribution is 1.86. The summed E-state index contributed by atoms with van der Waals surface area (Å²) in [5.74, 6) is 0. The molecule has 82 valence electrons. The molecule has 4 heteroatoms. The van der Waals surface area contributed by atoms with Crippen molar-refractivity contribution in [1.29, 1.82) is 0 Å². The van der Waals surface area contributed by atoms with Crippen LogP contribution >= 0.6 is 0 Å². The minimum atomic E-state index is 0.406. The van der Waals surface area contributed by atoms with E-state index in [1.54, 1.807) is 0 Å². The quantitative estimate of drug-likeness (QED) is 0.403. The molecule has 0 saturated heterocycles. The molecule has 0 radical (unpaired) electrons. The lowest BCUT2D eigenvalue weighted by Crippen LogP contribution is -2.37. The monoisotopic (exact) mass is 194 g/mol. The third kappa shape index (κ3) is 48.9. The zero-order valence-electron chi connectivity index (χ0n) is 10.2. The van der Waals surface area contributed by atoms with Gasteiger partial charge in [0.25, 0.3) is 0 Å². The van der Waals surface area contributed by atoms with Crippen LogP contribution in [0.2, 0.25) is 0 Å². The van der Waals surface area contributed by atoms with Crippen LogP contribution in [0, 0.1) is 0 Å². The molecule has 0 saturated carbocycles. The highest BCUT2D eigenvalue weighted by Gasteiger charge is 2.04. The van der Waals surface area contributed by atoms with Crippen LogP contribution in [0.3, 0.4) is 0 Å². The van der Waals surface area contributed by atoms with Gasteiger partial charge >= 0.3 is 0 Å². The molecular weight excluding hydrogens is 168 g/mol. The Morgan fingerprint density at radius 3 is 1.31 bits per heavy atom. The van der Waals surface area contributed by atoms with Gasteiger partial charge in [-0.3, -0.25) is 5.26 Å². The van der Waals surface area contributed by atoms with Crippen molar-refractivity contribution in [3.8, 4) is 0 Å². The topological polar surface area (TPSA) is 29.5 Å². The van der Waals surface area contributed by atoms with E-state index in [2.05, 4.69) is 33.1 Å². The van der Waals surface area contributed by atoms with Crippen molar-refractivity contribution in [2.45, 2.75) is 0 Å². The van der Waals surface area contributed by atoms with E-state index >= 15 is 0 Å². The summed E-state index contributed by atoms with van der Waals surface area (Å²) in [6.45, 7) is 1.24. The minimum Gasteiger partial charge on any atom is -0.333 e. The van der Waals surface area contributed by atoms with Gasteiger partial charge in [0, 0.05) is 0 Å². The first-order chi connectivity index (χ1) is 5.56. The lowest BCUT2D eigenvalue weighted by molar-refractivity contribution is -0.871. The van der Waals surface area contributed by atoms with Gasteiger partial charge in [0.05, 0.1) is 49.3 Å². The fraction of sp³-hybridized carbons (Fsp3) is 1.00. The summed E-state index contributed by atoms with van der Waals surface area (Å²) in [7, 11) is 14.6. The summed E-state index contributed by atoms with van der Waals surface area (Å²) in [6, 6.07) is 0. The molecule has 0 aliphatic rings. The molecule has 0 spiro atoms. The number of quaternary nitrogens is 2. The van der Waals surface area contributed by atoms with E-state index in [1.165, 1.54) is 0 Å². The summed E-state index contributed by atoms with van der Waals surface area (Å²) in [4.78, 5) is 3.90. The summed E-state index contributed by atoms with van der Waals surface area (Å²) in [5.41, 5.74) is 0. The first-order valence-electron chi connectivity index (χ1n) is 4.42. The van der Waals surface area contributed by atoms with E-state index in [9.17, 15) is 0 Å². The predicted octanol–water partition coefficient (Wildman–Crippen LogP) is 0.505. The summed E-state index contributed by atoms with van der Waals surface area (Å²) < 4.78 is 1.82. The molecule has 0 aromatic carbocycles. The maximum Gasteiger partial charge on any atom is 0.131 e. The van der Waals surface area contributed by atoms with E-state index in [1.807, 2.05) is 21.1 Å². The fourth-order valence-corrected chi connectivity index (χ4v) is 0.315. The molecule has 0 aliphatic carbocycles. The second-order valence-corrected chi connectivity index (χ2v) is 5.53. The molecule has 0 aliphatic heterocycles. The molecule has 0 bridgehead atoms. The van der Waals surface area contributed by atoms with E-state index in [-0.39, 0.29) is 0 Å². The Kier molecular flexibility index (Phi) is 7.44. The van der Waals surface area contributed by atoms with Crippen molar-refractivity contribution in [2.75, 3.05) is 62.5 Å². The van der Waals surface area contributed by atoms with Gasteiger partial charge in [0.1, 0.15) is 13.2 Å². The van der Waals surface area contributed by atoms with E-state index < -0.39 is 0 Å². The minimum absolute atomic E-state index is 0.406. The van der Waals surface area contributed by atoms with Crippen LogP contribution in [-0.2, 0) is 4.89 Å². The zero-order chi connectivity index (χ0) is 11.1. The Morgan fingerprint density at radius 1 is 0.923 bits per heavy atom. The van der Waals surface area contributed by atoms with Gasteiger partial charge in [0.15, 0.2) is 0 Å². The van der Waals surface area contributed by atoms with Gasteiger partial charge in [-0.15, -0.1) is 0 Å². The standard InChI is InChI=1S/C5H13NO2.C4H12N/c1-6(2,3)4-5-8-7;1-5(2,3)4/h4-5H2,1-3H3;1-4H3/q;+1/p+1. The maximum atomic E-state index is 7.92. The van der Waals surface area contributed by atoms with Gasteiger partial charge in [-0.25, -0.2) is 4.89 Å². The van der Waals surface area contributed by atoms with Crippen molar-refractivity contribution in [3.05, 3.63) is 0 Å². The van der Waals surface area contributed by atoms with Crippen LogP contribution in [0.5, 0.6) is 0 Å². The van der Waals surface area contributed by atoms with Gasteiger partial charge < -0.3 is 8.97 Å². The van der Waals surface area contributed by atoms with Crippen LogP contribution in [0.25, 0.3) is 0 Å².